The molecule has 0 radical (unpaired) electrons. The third kappa shape index (κ3) is 4.44. The third-order valence-corrected chi connectivity index (χ3v) is 4.10. The van der Waals surface area contributed by atoms with Gasteiger partial charge in [-0.25, -0.2) is 13.2 Å². The Kier molecular flexibility index (Phi) is 5.36. The molecule has 0 saturated carbocycles. The third-order valence-electron chi connectivity index (χ3n) is 2.66. The van der Waals surface area contributed by atoms with Gasteiger partial charge in [0.15, 0.2) is 15.9 Å². The number of halogens is 1. The molecule has 0 saturated heterocycles. The van der Waals surface area contributed by atoms with Crippen LogP contribution >= 0.6 is 11.6 Å². The van der Waals surface area contributed by atoms with Gasteiger partial charge < -0.3 is 9.64 Å². The first-order valence-corrected chi connectivity index (χ1v) is 8.22. The second-order valence-corrected chi connectivity index (χ2v) is 7.12. The van der Waals surface area contributed by atoms with Crippen LogP contribution < -0.4 is 0 Å². The molecule has 1 atom stereocenters. The number of sulfone groups is 1. The van der Waals surface area contributed by atoms with E-state index in [1.54, 1.807) is 0 Å². The maximum atomic E-state index is 12.0. The molecular formula is C13H16ClNO5S. The summed E-state index contributed by atoms with van der Waals surface area (Å²) in [7, 11) is -0.412. The van der Waals surface area contributed by atoms with Gasteiger partial charge in [-0.3, -0.25) is 4.79 Å². The molecule has 0 spiro atoms. The van der Waals surface area contributed by atoms with Crippen LogP contribution in [0.2, 0.25) is 5.02 Å². The fourth-order valence-electron chi connectivity index (χ4n) is 1.53. The van der Waals surface area contributed by atoms with E-state index >= 15 is 0 Å². The van der Waals surface area contributed by atoms with Gasteiger partial charge in [0.2, 0.25) is 0 Å². The molecule has 1 amide bonds. The largest absolute Gasteiger partial charge is 0.449 e. The van der Waals surface area contributed by atoms with Crippen LogP contribution in [0.25, 0.3) is 0 Å². The summed E-state index contributed by atoms with van der Waals surface area (Å²) in [6, 6.07) is 3.72. The van der Waals surface area contributed by atoms with Gasteiger partial charge in [0.1, 0.15) is 0 Å². The Morgan fingerprint density at radius 1 is 1.29 bits per heavy atom. The highest BCUT2D eigenvalue weighted by molar-refractivity contribution is 7.90. The Balaban J connectivity index is 3.05. The van der Waals surface area contributed by atoms with E-state index in [1.165, 1.54) is 38.1 Å². The summed E-state index contributed by atoms with van der Waals surface area (Å²) in [5.41, 5.74) is -0.0991. The highest BCUT2D eigenvalue weighted by atomic mass is 35.5. The Morgan fingerprint density at radius 3 is 2.33 bits per heavy atom. The van der Waals surface area contributed by atoms with Gasteiger partial charge in [0.05, 0.1) is 15.5 Å². The van der Waals surface area contributed by atoms with Gasteiger partial charge >= 0.3 is 5.97 Å². The smallest absolute Gasteiger partial charge is 0.340 e. The Hall–Kier alpha value is -1.60. The van der Waals surface area contributed by atoms with E-state index in [4.69, 9.17) is 16.3 Å². The molecule has 0 unspecified atom stereocenters. The number of esters is 1. The summed E-state index contributed by atoms with van der Waals surface area (Å²) in [6.45, 7) is 1.43. The second kappa shape index (κ2) is 6.44. The molecule has 0 N–H and O–H groups in total. The molecule has 0 aromatic heterocycles. The second-order valence-electron chi connectivity index (χ2n) is 4.69. The van der Waals surface area contributed by atoms with Gasteiger partial charge in [-0.05, 0) is 25.1 Å². The maximum absolute atomic E-state index is 12.0. The minimum absolute atomic E-state index is 0.0505. The van der Waals surface area contributed by atoms with Crippen molar-refractivity contribution in [2.75, 3.05) is 20.4 Å². The molecule has 0 aliphatic heterocycles. The number of carbonyl (C=O) groups is 2. The van der Waals surface area contributed by atoms with Crippen LogP contribution in [-0.2, 0) is 19.4 Å². The molecule has 0 aliphatic rings. The minimum atomic E-state index is -3.48. The van der Waals surface area contributed by atoms with Crippen molar-refractivity contribution in [3.8, 4) is 0 Å². The zero-order valence-electron chi connectivity index (χ0n) is 12.1. The number of ether oxygens (including phenoxy) is 1. The van der Waals surface area contributed by atoms with Gasteiger partial charge in [0.25, 0.3) is 5.91 Å². The van der Waals surface area contributed by atoms with Crippen LogP contribution in [0.1, 0.15) is 17.3 Å². The molecular weight excluding hydrogens is 318 g/mol. The number of amides is 1. The van der Waals surface area contributed by atoms with Crippen LogP contribution in [-0.4, -0.2) is 51.6 Å². The van der Waals surface area contributed by atoms with Crippen LogP contribution in [0, 0.1) is 0 Å². The first kappa shape index (κ1) is 17.5. The predicted octanol–water partition coefficient (Wildman–Crippen LogP) is 1.38. The van der Waals surface area contributed by atoms with E-state index in [9.17, 15) is 18.0 Å². The molecule has 0 bridgehead atoms. The molecule has 8 heteroatoms. The van der Waals surface area contributed by atoms with Crippen molar-refractivity contribution < 1.29 is 22.7 Å². The number of likely N-dealkylation sites (N-methyl/N-ethyl adjacent to an activating group) is 1. The number of rotatable bonds is 4. The van der Waals surface area contributed by atoms with Crippen LogP contribution in [0.3, 0.4) is 0 Å². The number of benzene rings is 1. The van der Waals surface area contributed by atoms with Crippen molar-refractivity contribution in [3.63, 3.8) is 0 Å². The Bertz CT molecular complexity index is 669. The zero-order chi connectivity index (χ0) is 16.4. The topological polar surface area (TPSA) is 80.8 Å². The number of carbonyl (C=O) groups excluding carboxylic acids is 2. The van der Waals surface area contributed by atoms with Crippen molar-refractivity contribution in [1.82, 2.24) is 4.90 Å². The van der Waals surface area contributed by atoms with E-state index in [0.29, 0.717) is 0 Å². The fourth-order valence-corrected chi connectivity index (χ4v) is 2.37. The summed E-state index contributed by atoms with van der Waals surface area (Å²) in [5, 5.41) is 0.0527. The van der Waals surface area contributed by atoms with Crippen molar-refractivity contribution in [2.24, 2.45) is 0 Å². The summed E-state index contributed by atoms with van der Waals surface area (Å²) < 4.78 is 28.0. The average molecular weight is 334 g/mol. The highest BCUT2D eigenvalue weighted by Gasteiger charge is 2.23. The van der Waals surface area contributed by atoms with E-state index in [2.05, 4.69) is 0 Å². The first-order valence-electron chi connectivity index (χ1n) is 5.95. The number of hydrogen-bond acceptors (Lipinski definition) is 5. The van der Waals surface area contributed by atoms with Gasteiger partial charge in [-0.1, -0.05) is 11.6 Å². The van der Waals surface area contributed by atoms with Gasteiger partial charge in [-0.15, -0.1) is 0 Å². The molecule has 6 nitrogen and oxygen atoms in total. The van der Waals surface area contributed by atoms with Crippen molar-refractivity contribution in [3.05, 3.63) is 28.8 Å². The Labute approximate surface area is 128 Å². The van der Waals surface area contributed by atoms with Gasteiger partial charge in [-0.2, -0.15) is 0 Å². The highest BCUT2D eigenvalue weighted by Crippen LogP contribution is 2.22. The average Bonchev–Trinajstić information content (AvgIpc) is 2.36. The maximum Gasteiger partial charge on any atom is 0.340 e. The quantitative estimate of drug-likeness (QED) is 0.777. The molecule has 0 aliphatic carbocycles. The van der Waals surface area contributed by atoms with E-state index in [1.807, 2.05) is 0 Å². The normalized spacial score (nSPS) is 12.6. The van der Waals surface area contributed by atoms with Crippen LogP contribution in [0.5, 0.6) is 0 Å². The molecule has 1 aromatic rings. The minimum Gasteiger partial charge on any atom is -0.449 e. The van der Waals surface area contributed by atoms with Gasteiger partial charge in [0, 0.05) is 20.4 Å². The first-order chi connectivity index (χ1) is 9.54. The lowest BCUT2D eigenvalue weighted by atomic mass is 10.2. The van der Waals surface area contributed by atoms with Crippen LogP contribution in [0.4, 0.5) is 0 Å². The van der Waals surface area contributed by atoms with Crippen molar-refractivity contribution in [2.45, 2.75) is 17.9 Å². The van der Waals surface area contributed by atoms with Crippen molar-refractivity contribution >= 4 is 33.3 Å². The summed E-state index contributed by atoms with van der Waals surface area (Å²) in [6.07, 6.45) is 0.0225. The monoisotopic (exact) mass is 333 g/mol. The van der Waals surface area contributed by atoms with E-state index < -0.39 is 27.8 Å². The SMILES string of the molecule is C[C@H](OC(=O)c1cc(S(C)(=O)=O)ccc1Cl)C(=O)N(C)C. The zero-order valence-corrected chi connectivity index (χ0v) is 13.7. The Morgan fingerprint density at radius 2 is 1.86 bits per heavy atom. The lowest BCUT2D eigenvalue weighted by molar-refractivity contribution is -0.137. The molecule has 0 heterocycles. The lowest BCUT2D eigenvalue weighted by Crippen LogP contribution is -2.35. The van der Waals surface area contributed by atoms with Crippen molar-refractivity contribution in [1.29, 1.82) is 0 Å². The standard InChI is InChI=1S/C13H16ClNO5S/c1-8(12(16)15(2)3)20-13(17)10-7-9(21(4,18)19)5-6-11(10)14/h5-8H,1-4H3/t8-/m0/s1. The predicted molar refractivity (Wildman–Crippen MR) is 78.1 cm³/mol. The van der Waals surface area contributed by atoms with E-state index in [0.717, 1.165) is 12.3 Å². The number of nitrogens with zero attached hydrogens (tertiary/aromatic N) is 1. The molecule has 21 heavy (non-hydrogen) atoms. The summed E-state index contributed by atoms with van der Waals surface area (Å²) in [4.78, 5) is 24.9. The summed E-state index contributed by atoms with van der Waals surface area (Å²) in [5.74, 6) is -1.24. The van der Waals surface area contributed by atoms with E-state index in [-0.39, 0.29) is 15.5 Å². The molecule has 116 valence electrons. The molecule has 1 aromatic carbocycles. The van der Waals surface area contributed by atoms with Crippen LogP contribution in [0.15, 0.2) is 23.1 Å². The lowest BCUT2D eigenvalue weighted by Gasteiger charge is -2.17. The molecule has 1 rings (SSSR count). The number of hydrogen-bond donors (Lipinski definition) is 0. The fraction of sp³-hybridized carbons (Fsp3) is 0.385. The molecule has 0 fully saturated rings. The summed E-state index contributed by atoms with van der Waals surface area (Å²) >= 11 is 5.88.